The van der Waals surface area contributed by atoms with Crippen LogP contribution in [0.15, 0.2) is 6.07 Å². The SMILES string of the molecule is CCOc1cc(C)nc(NC2CCOC(C)C2)n1. The van der Waals surface area contributed by atoms with Crippen LogP contribution in [0.3, 0.4) is 0 Å². The maximum Gasteiger partial charge on any atom is 0.226 e. The van der Waals surface area contributed by atoms with Crippen molar-refractivity contribution in [1.29, 1.82) is 0 Å². The first-order valence-corrected chi connectivity index (χ1v) is 6.54. The molecule has 18 heavy (non-hydrogen) atoms. The molecular formula is C13H21N3O2. The molecule has 2 rings (SSSR count). The Balaban J connectivity index is 2.03. The Morgan fingerprint density at radius 3 is 3.06 bits per heavy atom. The zero-order chi connectivity index (χ0) is 13.0. The molecule has 1 aromatic heterocycles. The Morgan fingerprint density at radius 2 is 2.33 bits per heavy atom. The summed E-state index contributed by atoms with van der Waals surface area (Å²) in [4.78, 5) is 8.75. The first kappa shape index (κ1) is 13.1. The summed E-state index contributed by atoms with van der Waals surface area (Å²) < 4.78 is 10.9. The molecule has 1 fully saturated rings. The molecule has 5 nitrogen and oxygen atoms in total. The highest BCUT2D eigenvalue weighted by atomic mass is 16.5. The summed E-state index contributed by atoms with van der Waals surface area (Å²) in [6.45, 7) is 7.40. The summed E-state index contributed by atoms with van der Waals surface area (Å²) in [5, 5.41) is 3.37. The molecule has 0 radical (unpaired) electrons. The minimum absolute atomic E-state index is 0.299. The van der Waals surface area contributed by atoms with Gasteiger partial charge in [-0.05, 0) is 33.6 Å². The molecule has 5 heteroatoms. The predicted octanol–water partition coefficient (Wildman–Crippen LogP) is 2.16. The van der Waals surface area contributed by atoms with Gasteiger partial charge in [-0.2, -0.15) is 4.98 Å². The fourth-order valence-electron chi connectivity index (χ4n) is 2.14. The van der Waals surface area contributed by atoms with Gasteiger partial charge in [-0.15, -0.1) is 0 Å². The number of anilines is 1. The molecule has 1 N–H and O–H groups in total. The molecule has 2 atom stereocenters. The predicted molar refractivity (Wildman–Crippen MR) is 70.0 cm³/mol. The molecule has 1 saturated heterocycles. The van der Waals surface area contributed by atoms with E-state index in [1.54, 1.807) is 0 Å². The van der Waals surface area contributed by atoms with Gasteiger partial charge in [0, 0.05) is 24.4 Å². The molecule has 0 bridgehead atoms. The van der Waals surface area contributed by atoms with E-state index in [0.29, 0.717) is 30.6 Å². The van der Waals surface area contributed by atoms with Crippen LogP contribution >= 0.6 is 0 Å². The smallest absolute Gasteiger partial charge is 0.226 e. The van der Waals surface area contributed by atoms with E-state index in [2.05, 4.69) is 22.2 Å². The van der Waals surface area contributed by atoms with Gasteiger partial charge in [-0.3, -0.25) is 0 Å². The van der Waals surface area contributed by atoms with E-state index in [4.69, 9.17) is 9.47 Å². The van der Waals surface area contributed by atoms with E-state index in [0.717, 1.165) is 25.1 Å². The van der Waals surface area contributed by atoms with Crippen molar-refractivity contribution < 1.29 is 9.47 Å². The molecule has 0 aromatic carbocycles. The van der Waals surface area contributed by atoms with Crippen molar-refractivity contribution in [2.75, 3.05) is 18.5 Å². The quantitative estimate of drug-likeness (QED) is 0.888. The van der Waals surface area contributed by atoms with Crippen LogP contribution in [0.2, 0.25) is 0 Å². The Hall–Kier alpha value is -1.36. The number of aromatic nitrogens is 2. The van der Waals surface area contributed by atoms with Gasteiger partial charge in [0.2, 0.25) is 11.8 Å². The maximum atomic E-state index is 5.53. The molecule has 0 aliphatic carbocycles. The largest absolute Gasteiger partial charge is 0.478 e. The minimum atomic E-state index is 0.299. The summed E-state index contributed by atoms with van der Waals surface area (Å²) in [6.07, 6.45) is 2.28. The van der Waals surface area contributed by atoms with Gasteiger partial charge in [0.1, 0.15) is 0 Å². The molecular weight excluding hydrogens is 230 g/mol. The number of ether oxygens (including phenoxy) is 2. The molecule has 0 amide bonds. The third-order valence-electron chi connectivity index (χ3n) is 2.94. The summed E-state index contributed by atoms with van der Waals surface area (Å²) in [5.41, 5.74) is 0.913. The third-order valence-corrected chi connectivity index (χ3v) is 2.94. The van der Waals surface area contributed by atoms with E-state index in [9.17, 15) is 0 Å². The summed E-state index contributed by atoms with van der Waals surface area (Å²) in [6, 6.07) is 2.23. The molecule has 0 spiro atoms. The highest BCUT2D eigenvalue weighted by Gasteiger charge is 2.20. The third kappa shape index (κ3) is 3.57. The first-order chi connectivity index (χ1) is 8.67. The second-order valence-electron chi connectivity index (χ2n) is 4.65. The Kier molecular flexibility index (Phi) is 4.36. The van der Waals surface area contributed by atoms with Crippen LogP contribution in [0.25, 0.3) is 0 Å². The number of hydrogen-bond donors (Lipinski definition) is 1. The minimum Gasteiger partial charge on any atom is -0.478 e. The van der Waals surface area contributed by atoms with Gasteiger partial charge in [-0.25, -0.2) is 4.98 Å². The monoisotopic (exact) mass is 251 g/mol. The fraction of sp³-hybridized carbons (Fsp3) is 0.692. The van der Waals surface area contributed by atoms with Crippen LogP contribution in [0.4, 0.5) is 5.95 Å². The normalized spacial score (nSPS) is 23.7. The number of nitrogens with zero attached hydrogens (tertiary/aromatic N) is 2. The lowest BCUT2D eigenvalue weighted by Crippen LogP contribution is -2.33. The molecule has 100 valence electrons. The Labute approximate surface area is 108 Å². The van der Waals surface area contributed by atoms with Gasteiger partial charge in [0.25, 0.3) is 0 Å². The van der Waals surface area contributed by atoms with Crippen LogP contribution in [0.1, 0.15) is 32.4 Å². The second kappa shape index (κ2) is 6.00. The lowest BCUT2D eigenvalue weighted by atomic mass is 10.0. The van der Waals surface area contributed by atoms with Crippen LogP contribution in [0, 0.1) is 6.92 Å². The van der Waals surface area contributed by atoms with Gasteiger partial charge >= 0.3 is 0 Å². The number of aryl methyl sites for hydroxylation is 1. The number of rotatable bonds is 4. The molecule has 2 unspecified atom stereocenters. The van der Waals surface area contributed by atoms with Crippen molar-refractivity contribution in [2.45, 2.75) is 45.8 Å². The zero-order valence-electron chi connectivity index (χ0n) is 11.3. The number of nitrogens with one attached hydrogen (secondary N) is 1. The highest BCUT2D eigenvalue weighted by Crippen LogP contribution is 2.18. The van der Waals surface area contributed by atoms with E-state index in [1.807, 2.05) is 19.9 Å². The second-order valence-corrected chi connectivity index (χ2v) is 4.65. The van der Waals surface area contributed by atoms with Crippen LogP contribution < -0.4 is 10.1 Å². The lowest BCUT2D eigenvalue weighted by molar-refractivity contribution is 0.0231. The van der Waals surface area contributed by atoms with Gasteiger partial charge in [-0.1, -0.05) is 0 Å². The van der Waals surface area contributed by atoms with Gasteiger partial charge in [0.05, 0.1) is 12.7 Å². The Bertz CT molecular complexity index is 398. The Morgan fingerprint density at radius 1 is 1.50 bits per heavy atom. The topological polar surface area (TPSA) is 56.3 Å². The van der Waals surface area contributed by atoms with Crippen molar-refractivity contribution in [3.05, 3.63) is 11.8 Å². The van der Waals surface area contributed by atoms with Crippen molar-refractivity contribution in [2.24, 2.45) is 0 Å². The average molecular weight is 251 g/mol. The van der Waals surface area contributed by atoms with Crippen LogP contribution in [-0.4, -0.2) is 35.3 Å². The molecule has 0 saturated carbocycles. The standard InChI is InChI=1S/C13H21N3O2/c1-4-17-12-7-9(2)14-13(16-12)15-11-5-6-18-10(3)8-11/h7,10-11H,4-6,8H2,1-3H3,(H,14,15,16). The summed E-state index contributed by atoms with van der Waals surface area (Å²) in [5.74, 6) is 1.28. The molecule has 2 heterocycles. The first-order valence-electron chi connectivity index (χ1n) is 6.54. The molecule has 1 aliphatic rings. The number of hydrogen-bond acceptors (Lipinski definition) is 5. The van der Waals surface area contributed by atoms with Crippen molar-refractivity contribution in [3.63, 3.8) is 0 Å². The van der Waals surface area contributed by atoms with Gasteiger partial charge < -0.3 is 14.8 Å². The van der Waals surface area contributed by atoms with Crippen molar-refractivity contribution in [1.82, 2.24) is 9.97 Å². The van der Waals surface area contributed by atoms with E-state index < -0.39 is 0 Å². The molecule has 1 aliphatic heterocycles. The molecule has 1 aromatic rings. The van der Waals surface area contributed by atoms with Crippen LogP contribution in [-0.2, 0) is 4.74 Å². The summed E-state index contributed by atoms with van der Waals surface area (Å²) >= 11 is 0. The van der Waals surface area contributed by atoms with E-state index >= 15 is 0 Å². The van der Waals surface area contributed by atoms with Crippen molar-refractivity contribution in [3.8, 4) is 5.88 Å². The fourth-order valence-corrected chi connectivity index (χ4v) is 2.14. The lowest BCUT2D eigenvalue weighted by Gasteiger charge is -2.28. The van der Waals surface area contributed by atoms with E-state index in [-0.39, 0.29) is 0 Å². The highest BCUT2D eigenvalue weighted by molar-refractivity contribution is 5.31. The van der Waals surface area contributed by atoms with Crippen molar-refractivity contribution >= 4 is 5.95 Å². The van der Waals surface area contributed by atoms with E-state index in [1.165, 1.54) is 0 Å². The maximum absolute atomic E-state index is 5.53. The summed E-state index contributed by atoms with van der Waals surface area (Å²) in [7, 11) is 0. The zero-order valence-corrected chi connectivity index (χ0v) is 11.3. The van der Waals surface area contributed by atoms with Crippen LogP contribution in [0.5, 0.6) is 5.88 Å². The van der Waals surface area contributed by atoms with Gasteiger partial charge in [0.15, 0.2) is 0 Å². The average Bonchev–Trinajstić information content (AvgIpc) is 2.28.